The van der Waals surface area contributed by atoms with Crippen LogP contribution >= 0.6 is 0 Å². The molecule has 5 heteroatoms. The van der Waals surface area contributed by atoms with Gasteiger partial charge in [-0.1, -0.05) is 166 Å². The lowest BCUT2D eigenvalue weighted by Crippen LogP contribution is -2.19. The molecule has 0 fully saturated rings. The Hall–Kier alpha value is -7.63. The van der Waals surface area contributed by atoms with Crippen molar-refractivity contribution >= 4 is 43.7 Å². The number of aromatic nitrogens is 4. The Bertz CT molecular complexity index is 3520. The van der Waals surface area contributed by atoms with Gasteiger partial charge in [-0.15, -0.1) is 0 Å². The fourth-order valence-corrected chi connectivity index (χ4v) is 10.2. The third-order valence-electron chi connectivity index (χ3n) is 13.1. The zero-order chi connectivity index (χ0) is 39.6. The molecule has 5 nitrogen and oxygen atoms in total. The van der Waals surface area contributed by atoms with Gasteiger partial charge < -0.3 is 8.98 Å². The smallest absolute Gasteiger partial charge is 0.164 e. The maximum absolute atomic E-state index is 7.09. The topological polar surface area (TPSA) is 56.7 Å². The molecule has 3 aromatic heterocycles. The van der Waals surface area contributed by atoms with E-state index in [1.807, 2.05) is 60.7 Å². The Kier molecular flexibility index (Phi) is 6.91. The van der Waals surface area contributed by atoms with Gasteiger partial charge in [0.2, 0.25) is 0 Å². The predicted octanol–water partition coefficient (Wildman–Crippen LogP) is 14.1. The Morgan fingerprint density at radius 1 is 0.383 bits per heavy atom. The lowest BCUT2D eigenvalue weighted by molar-refractivity contribution is 0.671. The van der Waals surface area contributed by atoms with Crippen molar-refractivity contribution in [3.05, 3.63) is 192 Å². The van der Waals surface area contributed by atoms with E-state index in [1.165, 1.54) is 55.3 Å². The summed E-state index contributed by atoms with van der Waals surface area (Å²) in [5, 5.41) is 4.81. The van der Waals surface area contributed by atoms with Crippen molar-refractivity contribution in [2.24, 2.45) is 0 Å². The summed E-state index contributed by atoms with van der Waals surface area (Å²) >= 11 is 0. The van der Waals surface area contributed by atoms with Crippen LogP contribution in [-0.2, 0) is 0 Å². The number of hydrogen-bond acceptors (Lipinski definition) is 4. The van der Waals surface area contributed by atoms with Gasteiger partial charge in [-0.05, 0) is 51.6 Å². The van der Waals surface area contributed by atoms with Crippen LogP contribution in [0.25, 0.3) is 106 Å². The molecule has 0 aliphatic carbocycles. The zero-order valence-electron chi connectivity index (χ0n) is 33.0. The molecule has 5 heterocycles. The minimum Gasteiger partial charge on any atom is -0.455 e. The van der Waals surface area contributed by atoms with Gasteiger partial charge in [0.15, 0.2) is 17.5 Å². The van der Waals surface area contributed by atoms with Gasteiger partial charge in [-0.25, -0.2) is 15.0 Å². The standard InChI is InChI=1S/C55H36N4O/c1-31-38-20-10-21-40-32(2)46-29-37(30-47-43-25-11-22-39(31)49(43)59(48(38)40)50(46)47)42-24-13-27-45-44-26-12-23-41(51(44)60-52(42)45)35-18-9-19-36(28-35)55-57-53(33-14-5-3-6-15-33)56-54(58-55)34-16-7-4-8-17-34/h3-32H,1-2H3. The van der Waals surface area contributed by atoms with Gasteiger partial charge >= 0.3 is 0 Å². The van der Waals surface area contributed by atoms with E-state index in [4.69, 9.17) is 19.4 Å². The quantitative estimate of drug-likeness (QED) is 0.175. The number of nitrogens with zero attached hydrogens (tertiary/aromatic N) is 4. The molecule has 2 unspecified atom stereocenters. The molecule has 13 rings (SSSR count). The van der Waals surface area contributed by atoms with Crippen LogP contribution in [0.5, 0.6) is 0 Å². The summed E-state index contributed by atoms with van der Waals surface area (Å²) in [5.74, 6) is 2.48. The number of rotatable bonds is 5. The Morgan fingerprint density at radius 2 is 0.867 bits per heavy atom. The van der Waals surface area contributed by atoms with Gasteiger partial charge in [0.25, 0.3) is 0 Å². The molecular weight excluding hydrogens is 733 g/mol. The molecule has 2 aliphatic heterocycles. The Morgan fingerprint density at radius 3 is 1.53 bits per heavy atom. The number of hydrogen-bond donors (Lipinski definition) is 0. The molecule has 0 saturated heterocycles. The molecular formula is C55H36N4O. The number of fused-ring (bicyclic) bond motifs is 4. The fourth-order valence-electron chi connectivity index (χ4n) is 10.2. The first kappa shape index (κ1) is 33.4. The molecule has 0 amide bonds. The maximum atomic E-state index is 7.09. The van der Waals surface area contributed by atoms with Crippen molar-refractivity contribution < 1.29 is 4.42 Å². The van der Waals surface area contributed by atoms with Gasteiger partial charge in [0.1, 0.15) is 11.2 Å². The van der Waals surface area contributed by atoms with Crippen molar-refractivity contribution in [3.63, 3.8) is 0 Å². The Balaban J connectivity index is 0.979. The minimum atomic E-state index is 0.249. The van der Waals surface area contributed by atoms with Crippen LogP contribution in [0.15, 0.2) is 174 Å². The fraction of sp³-hybridized carbons (Fsp3) is 0.0727. The molecule has 0 N–H and O–H groups in total. The third-order valence-corrected chi connectivity index (χ3v) is 13.1. The molecule has 2 atom stereocenters. The first-order chi connectivity index (χ1) is 29.6. The van der Waals surface area contributed by atoms with E-state index >= 15 is 0 Å². The molecule has 8 aromatic carbocycles. The van der Waals surface area contributed by atoms with Crippen LogP contribution in [0.3, 0.4) is 0 Å². The maximum Gasteiger partial charge on any atom is 0.164 e. The number of benzene rings is 8. The highest BCUT2D eigenvalue weighted by Gasteiger charge is 2.35. The summed E-state index contributed by atoms with van der Waals surface area (Å²) in [6.07, 6.45) is 0. The van der Waals surface area contributed by atoms with Gasteiger partial charge in [0.05, 0.1) is 16.7 Å². The lowest BCUT2D eigenvalue weighted by Gasteiger charge is -2.33. The van der Waals surface area contributed by atoms with Gasteiger partial charge in [-0.2, -0.15) is 0 Å². The van der Waals surface area contributed by atoms with Crippen LogP contribution in [-0.4, -0.2) is 19.5 Å². The van der Waals surface area contributed by atoms with Crippen molar-refractivity contribution in [3.8, 4) is 62.1 Å². The molecule has 282 valence electrons. The van der Waals surface area contributed by atoms with Crippen LogP contribution in [0.4, 0.5) is 0 Å². The zero-order valence-corrected chi connectivity index (χ0v) is 33.0. The van der Waals surface area contributed by atoms with E-state index in [-0.39, 0.29) is 5.92 Å². The van der Waals surface area contributed by atoms with Gasteiger partial charge in [-0.3, -0.25) is 0 Å². The highest BCUT2D eigenvalue weighted by molar-refractivity contribution is 6.17. The lowest BCUT2D eigenvalue weighted by atomic mass is 9.80. The van der Waals surface area contributed by atoms with E-state index in [0.717, 1.165) is 55.3 Å². The predicted molar refractivity (Wildman–Crippen MR) is 244 cm³/mol. The summed E-state index contributed by atoms with van der Waals surface area (Å²) in [6.45, 7) is 4.74. The van der Waals surface area contributed by atoms with E-state index in [2.05, 4.69) is 128 Å². The van der Waals surface area contributed by atoms with E-state index < -0.39 is 0 Å². The van der Waals surface area contributed by atoms with Crippen molar-refractivity contribution in [1.29, 1.82) is 0 Å². The van der Waals surface area contributed by atoms with Crippen molar-refractivity contribution in [2.45, 2.75) is 25.7 Å². The normalized spacial score (nSPS) is 15.2. The summed E-state index contributed by atoms with van der Waals surface area (Å²) in [7, 11) is 0. The minimum absolute atomic E-state index is 0.249. The highest BCUT2D eigenvalue weighted by atomic mass is 16.3. The van der Waals surface area contributed by atoms with Gasteiger partial charge in [0, 0.05) is 61.2 Å². The van der Waals surface area contributed by atoms with E-state index in [0.29, 0.717) is 23.4 Å². The van der Waals surface area contributed by atoms with E-state index in [9.17, 15) is 0 Å². The Labute approximate surface area is 346 Å². The summed E-state index contributed by atoms with van der Waals surface area (Å²) in [4.78, 5) is 14.9. The first-order valence-corrected chi connectivity index (χ1v) is 20.8. The van der Waals surface area contributed by atoms with Crippen LogP contribution in [0, 0.1) is 0 Å². The molecule has 0 saturated carbocycles. The number of para-hydroxylation sites is 4. The highest BCUT2D eigenvalue weighted by Crippen LogP contribution is 2.53. The SMILES string of the molecule is CC1c2cccc3c2-n2c4c1cccc4c1cc(-c4cccc5c4oc4c(-c6cccc(-c7nc(-c8ccccc8)nc(-c8ccccc8)n7)c6)cccc45)cc(c12)C3C. The van der Waals surface area contributed by atoms with E-state index in [1.54, 1.807) is 0 Å². The van der Waals surface area contributed by atoms with Crippen LogP contribution in [0.2, 0.25) is 0 Å². The summed E-state index contributed by atoms with van der Waals surface area (Å²) in [5.41, 5.74) is 18.5. The summed E-state index contributed by atoms with van der Waals surface area (Å²) < 4.78 is 9.67. The van der Waals surface area contributed by atoms with Crippen molar-refractivity contribution in [2.75, 3.05) is 0 Å². The average Bonchev–Trinajstić information content (AvgIpc) is 3.87. The monoisotopic (exact) mass is 768 g/mol. The second-order valence-corrected chi connectivity index (χ2v) is 16.4. The number of furan rings is 1. The van der Waals surface area contributed by atoms with Crippen LogP contribution in [0.1, 0.15) is 47.9 Å². The largest absolute Gasteiger partial charge is 0.455 e. The molecule has 0 radical (unpaired) electrons. The average molecular weight is 769 g/mol. The molecule has 2 aliphatic rings. The summed E-state index contributed by atoms with van der Waals surface area (Å²) in [6, 6.07) is 60.3. The second-order valence-electron chi connectivity index (χ2n) is 16.4. The first-order valence-electron chi connectivity index (χ1n) is 20.8. The molecule has 0 spiro atoms. The molecule has 0 bridgehead atoms. The second kappa shape index (κ2) is 12.4. The van der Waals surface area contributed by atoms with Crippen molar-refractivity contribution in [1.82, 2.24) is 19.5 Å². The molecule has 11 aromatic rings. The molecule has 60 heavy (non-hydrogen) atoms. The van der Waals surface area contributed by atoms with Crippen LogP contribution < -0.4 is 0 Å². The third kappa shape index (κ3) is 4.66.